The minimum atomic E-state index is -3.71. The van der Waals surface area contributed by atoms with Crippen LogP contribution in [0.4, 0.5) is 5.69 Å². The Labute approximate surface area is 195 Å². The highest BCUT2D eigenvalue weighted by Gasteiger charge is 2.35. The van der Waals surface area contributed by atoms with Crippen LogP contribution in [-0.2, 0) is 10.0 Å². The fraction of sp³-hybridized carbons (Fsp3) is 0.458. The number of guanidine groups is 1. The van der Waals surface area contributed by atoms with Crippen molar-refractivity contribution in [1.82, 2.24) is 4.98 Å². The number of nitrogens with one attached hydrogen (secondary N) is 1. The van der Waals surface area contributed by atoms with Crippen LogP contribution in [0.3, 0.4) is 0 Å². The molecule has 1 aromatic heterocycles. The molecular weight excluding hydrogens is 438 g/mol. The van der Waals surface area contributed by atoms with Crippen molar-refractivity contribution in [3.05, 3.63) is 48.3 Å². The van der Waals surface area contributed by atoms with Gasteiger partial charge in [-0.3, -0.25) is 4.98 Å². The highest BCUT2D eigenvalue weighted by atomic mass is 32.2. The zero-order valence-corrected chi connectivity index (χ0v) is 20.0. The average molecular weight is 470 g/mol. The average Bonchev–Trinajstić information content (AvgIpc) is 3.22. The first-order valence-corrected chi connectivity index (χ1v) is 12.9. The first kappa shape index (κ1) is 23.4. The van der Waals surface area contributed by atoms with Crippen molar-refractivity contribution in [2.45, 2.75) is 63.0 Å². The maximum absolute atomic E-state index is 11.4. The number of ether oxygens (including phenoxy) is 1. The monoisotopic (exact) mass is 469 g/mol. The summed E-state index contributed by atoms with van der Waals surface area (Å²) in [5.41, 5.74) is 1.90. The molecule has 2 heterocycles. The number of aliphatic imine (C=N–C) groups is 2. The predicted octanol–water partition coefficient (Wildman–Crippen LogP) is 3.96. The van der Waals surface area contributed by atoms with E-state index in [4.69, 9.17) is 14.9 Å². The molecule has 0 saturated heterocycles. The summed E-state index contributed by atoms with van der Waals surface area (Å²) in [7, 11) is -3.71. The number of anilines is 1. The van der Waals surface area contributed by atoms with Gasteiger partial charge < -0.3 is 10.1 Å². The fourth-order valence-corrected chi connectivity index (χ4v) is 5.12. The topological polar surface area (TPSA) is 119 Å². The van der Waals surface area contributed by atoms with Crippen molar-refractivity contribution in [1.29, 1.82) is 0 Å². The molecule has 4 atom stereocenters. The quantitative estimate of drug-likeness (QED) is 0.664. The van der Waals surface area contributed by atoms with Gasteiger partial charge in [-0.15, -0.1) is 0 Å². The number of rotatable bonds is 6. The lowest BCUT2D eigenvalue weighted by atomic mass is 9.86. The van der Waals surface area contributed by atoms with Gasteiger partial charge in [-0.1, -0.05) is 13.8 Å². The molecule has 1 aliphatic heterocycles. The number of nitrogens with two attached hydrogens (primary N) is 1. The van der Waals surface area contributed by atoms with Crippen LogP contribution in [0.2, 0.25) is 0 Å². The van der Waals surface area contributed by atoms with Crippen molar-refractivity contribution < 1.29 is 13.2 Å². The van der Waals surface area contributed by atoms with E-state index in [-0.39, 0.29) is 23.0 Å². The van der Waals surface area contributed by atoms with Crippen LogP contribution < -0.4 is 15.2 Å². The van der Waals surface area contributed by atoms with E-state index in [2.05, 4.69) is 36.1 Å². The lowest BCUT2D eigenvalue weighted by Gasteiger charge is -2.27. The van der Waals surface area contributed by atoms with Crippen molar-refractivity contribution in [2.24, 2.45) is 27.0 Å². The summed E-state index contributed by atoms with van der Waals surface area (Å²) in [4.78, 5) is 13.6. The highest BCUT2D eigenvalue weighted by Crippen LogP contribution is 2.37. The van der Waals surface area contributed by atoms with Gasteiger partial charge in [0.05, 0.1) is 23.2 Å². The summed E-state index contributed by atoms with van der Waals surface area (Å²) in [6.45, 7) is 6.43. The molecule has 2 aromatic rings. The molecule has 1 saturated carbocycles. The normalized spacial score (nSPS) is 25.2. The molecule has 2 unspecified atom stereocenters. The van der Waals surface area contributed by atoms with Crippen LogP contribution in [0.1, 0.15) is 51.5 Å². The summed E-state index contributed by atoms with van der Waals surface area (Å²) in [5.74, 6) is 2.52. The van der Waals surface area contributed by atoms with Gasteiger partial charge in [0.2, 0.25) is 16.0 Å². The Balaban J connectivity index is 1.35. The van der Waals surface area contributed by atoms with E-state index < -0.39 is 10.0 Å². The number of benzene rings is 1. The summed E-state index contributed by atoms with van der Waals surface area (Å²) >= 11 is 0. The van der Waals surface area contributed by atoms with Gasteiger partial charge in [-0.25, -0.2) is 23.5 Å². The Morgan fingerprint density at radius 1 is 1.15 bits per heavy atom. The first-order valence-electron chi connectivity index (χ1n) is 11.3. The van der Waals surface area contributed by atoms with Gasteiger partial charge in [-0.2, -0.15) is 0 Å². The van der Waals surface area contributed by atoms with Gasteiger partial charge in [0, 0.05) is 24.0 Å². The van der Waals surface area contributed by atoms with Crippen molar-refractivity contribution in [3.63, 3.8) is 0 Å². The highest BCUT2D eigenvalue weighted by molar-refractivity contribution is 7.89. The number of hydrogen-bond acceptors (Lipinski definition) is 7. The molecular formula is C24H31N5O3S. The lowest BCUT2D eigenvalue weighted by Crippen LogP contribution is -2.31. The van der Waals surface area contributed by atoms with Crippen LogP contribution in [0.5, 0.6) is 5.75 Å². The largest absolute Gasteiger partial charge is 0.489 e. The third kappa shape index (κ3) is 5.59. The molecule has 3 N–H and O–H groups in total. The molecule has 1 aliphatic carbocycles. The third-order valence-corrected chi connectivity index (χ3v) is 7.32. The van der Waals surface area contributed by atoms with Crippen molar-refractivity contribution in [2.75, 3.05) is 5.32 Å². The summed E-state index contributed by atoms with van der Waals surface area (Å²) in [6, 6.07) is 8.34. The number of sulfonamides is 1. The van der Waals surface area contributed by atoms with E-state index in [1.807, 2.05) is 24.7 Å². The smallest absolute Gasteiger partial charge is 0.238 e. The molecule has 0 amide bonds. The van der Waals surface area contributed by atoms with E-state index in [1.54, 1.807) is 12.1 Å². The van der Waals surface area contributed by atoms with E-state index in [0.717, 1.165) is 25.0 Å². The third-order valence-electron chi connectivity index (χ3n) is 6.39. The number of hydrogen-bond donors (Lipinski definition) is 2. The minimum absolute atomic E-state index is 0.0698. The summed E-state index contributed by atoms with van der Waals surface area (Å²) in [6.07, 6.45) is 8.88. The Morgan fingerprint density at radius 2 is 1.91 bits per heavy atom. The molecule has 1 aromatic carbocycles. The Bertz CT molecular complexity index is 1140. The zero-order valence-electron chi connectivity index (χ0n) is 19.2. The molecule has 4 rings (SSSR count). The SMILES string of the molecule is CC(C)c1ccncc1O[C@@H]1CC[C@H](C2C=NC(Nc3ccc(S(N)(=O)=O)cc3)=NC2C)C1. The van der Waals surface area contributed by atoms with Gasteiger partial charge in [0.25, 0.3) is 0 Å². The fourth-order valence-electron chi connectivity index (χ4n) is 4.61. The zero-order chi connectivity index (χ0) is 23.6. The van der Waals surface area contributed by atoms with Crippen LogP contribution in [0.15, 0.2) is 57.6 Å². The molecule has 176 valence electrons. The number of aromatic nitrogens is 1. The Kier molecular flexibility index (Phi) is 6.81. The van der Waals surface area contributed by atoms with Gasteiger partial charge in [-0.05, 0) is 73.9 Å². The van der Waals surface area contributed by atoms with Crippen LogP contribution in [-0.4, -0.2) is 37.7 Å². The number of pyridine rings is 1. The maximum atomic E-state index is 11.4. The van der Waals surface area contributed by atoms with Crippen LogP contribution in [0.25, 0.3) is 0 Å². The second-order valence-corrected chi connectivity index (χ2v) is 10.7. The van der Waals surface area contributed by atoms with Crippen LogP contribution >= 0.6 is 0 Å². The number of primary sulfonamides is 1. The standard InChI is InChI=1S/C24H31N5O3S/c1-15(2)21-10-11-26-14-23(21)32-19-7-4-17(12-19)22-13-27-24(28-16(22)3)29-18-5-8-20(9-6-18)33(25,30)31/h5-6,8-11,13-17,19,22H,4,7,12H2,1-3H3,(H,28,29)(H2,25,30,31)/t16?,17-,19+,22?/m0/s1. The summed E-state index contributed by atoms with van der Waals surface area (Å²) in [5, 5.41) is 8.29. The second kappa shape index (κ2) is 9.61. The van der Waals surface area contributed by atoms with E-state index >= 15 is 0 Å². The number of nitrogens with zero attached hydrogens (tertiary/aromatic N) is 3. The first-order chi connectivity index (χ1) is 15.7. The molecule has 0 bridgehead atoms. The van der Waals surface area contributed by atoms with Gasteiger partial charge in [0.15, 0.2) is 0 Å². The summed E-state index contributed by atoms with van der Waals surface area (Å²) < 4.78 is 29.2. The molecule has 0 spiro atoms. The Morgan fingerprint density at radius 3 is 2.58 bits per heavy atom. The second-order valence-electron chi connectivity index (χ2n) is 9.12. The molecule has 9 heteroatoms. The predicted molar refractivity (Wildman–Crippen MR) is 130 cm³/mol. The molecule has 33 heavy (non-hydrogen) atoms. The molecule has 1 fully saturated rings. The van der Waals surface area contributed by atoms with Crippen molar-refractivity contribution >= 4 is 27.9 Å². The molecule has 2 aliphatic rings. The Hall–Kier alpha value is -2.78. The minimum Gasteiger partial charge on any atom is -0.489 e. The maximum Gasteiger partial charge on any atom is 0.238 e. The molecule has 8 nitrogen and oxygen atoms in total. The lowest BCUT2D eigenvalue weighted by molar-refractivity contribution is 0.196. The molecule has 0 radical (unpaired) electrons. The van der Waals surface area contributed by atoms with Gasteiger partial charge in [0.1, 0.15) is 5.75 Å². The van der Waals surface area contributed by atoms with E-state index in [9.17, 15) is 8.42 Å². The van der Waals surface area contributed by atoms with Crippen molar-refractivity contribution in [3.8, 4) is 5.75 Å². The van der Waals surface area contributed by atoms with Gasteiger partial charge >= 0.3 is 0 Å². The van der Waals surface area contributed by atoms with Crippen LogP contribution in [0, 0.1) is 11.8 Å². The van der Waals surface area contributed by atoms with E-state index in [1.165, 1.54) is 17.7 Å². The van der Waals surface area contributed by atoms with E-state index in [0.29, 0.717) is 23.5 Å².